The van der Waals surface area contributed by atoms with Crippen molar-refractivity contribution in [2.24, 2.45) is 4.99 Å². The Morgan fingerprint density at radius 3 is 2.71 bits per heavy atom. The molecular weight excluding hydrogens is 478 g/mol. The van der Waals surface area contributed by atoms with Crippen LogP contribution in [0.4, 0.5) is 0 Å². The van der Waals surface area contributed by atoms with E-state index in [0.29, 0.717) is 34.9 Å². The molecule has 0 radical (unpaired) electrons. The molecule has 1 saturated heterocycles. The number of benzene rings is 2. The van der Waals surface area contributed by atoms with Crippen LogP contribution >= 0.6 is 11.3 Å². The minimum Gasteiger partial charge on any atom is -0.497 e. The van der Waals surface area contributed by atoms with Crippen LogP contribution in [0.15, 0.2) is 46.3 Å². The summed E-state index contributed by atoms with van der Waals surface area (Å²) in [7, 11) is -2.37. The van der Waals surface area contributed by atoms with Crippen LogP contribution in [0.2, 0.25) is 0 Å². The molecule has 0 bridgehead atoms. The van der Waals surface area contributed by atoms with Gasteiger partial charge in [-0.2, -0.15) is 9.30 Å². The number of carbonyl (C=O) groups excluding carboxylic acids is 1. The first-order chi connectivity index (χ1) is 16.4. The van der Waals surface area contributed by atoms with E-state index in [-0.39, 0.29) is 24.8 Å². The lowest BCUT2D eigenvalue weighted by atomic mass is 10.2. The van der Waals surface area contributed by atoms with Gasteiger partial charge in [0.2, 0.25) is 16.8 Å². The van der Waals surface area contributed by atoms with Gasteiger partial charge in [-0.15, -0.1) is 6.42 Å². The lowest BCUT2D eigenvalue weighted by Gasteiger charge is -2.21. The fourth-order valence-corrected chi connectivity index (χ4v) is 6.81. The number of sulfonamides is 1. The van der Waals surface area contributed by atoms with E-state index < -0.39 is 22.0 Å². The molecule has 0 spiro atoms. The number of fused-ring (bicyclic) bond motifs is 2. The topological polar surface area (TPSA) is 99.4 Å². The van der Waals surface area contributed by atoms with Crippen LogP contribution in [0.5, 0.6) is 17.2 Å². The number of amides is 1. The van der Waals surface area contributed by atoms with Crippen LogP contribution in [0, 0.1) is 12.3 Å². The molecule has 2 aliphatic heterocycles. The molecule has 176 valence electrons. The van der Waals surface area contributed by atoms with Crippen LogP contribution < -0.4 is 19.0 Å². The molecule has 9 nitrogen and oxygen atoms in total. The van der Waals surface area contributed by atoms with Gasteiger partial charge in [-0.25, -0.2) is 8.42 Å². The molecule has 3 heterocycles. The van der Waals surface area contributed by atoms with Crippen molar-refractivity contribution in [3.8, 4) is 29.6 Å². The number of methoxy groups -OCH3 is 1. The maximum Gasteiger partial charge on any atom is 0.266 e. The predicted octanol–water partition coefficient (Wildman–Crippen LogP) is 2.35. The summed E-state index contributed by atoms with van der Waals surface area (Å²) in [4.78, 5) is 18.1. The number of hydrogen-bond donors (Lipinski definition) is 0. The van der Waals surface area contributed by atoms with Gasteiger partial charge in [0, 0.05) is 18.7 Å². The molecule has 3 aromatic rings. The van der Waals surface area contributed by atoms with Crippen molar-refractivity contribution in [3.05, 3.63) is 41.2 Å². The van der Waals surface area contributed by atoms with E-state index in [1.807, 2.05) is 12.1 Å². The highest BCUT2D eigenvalue weighted by molar-refractivity contribution is 7.89. The van der Waals surface area contributed by atoms with Crippen molar-refractivity contribution in [2.75, 3.05) is 20.4 Å². The van der Waals surface area contributed by atoms with Crippen LogP contribution in [-0.2, 0) is 21.4 Å². The first kappa shape index (κ1) is 22.5. The molecule has 1 fully saturated rings. The van der Waals surface area contributed by atoms with Crippen molar-refractivity contribution in [2.45, 2.75) is 30.3 Å². The zero-order valence-electron chi connectivity index (χ0n) is 18.3. The van der Waals surface area contributed by atoms with Gasteiger partial charge < -0.3 is 18.8 Å². The van der Waals surface area contributed by atoms with Crippen LogP contribution in [-0.4, -0.2) is 49.7 Å². The Labute approximate surface area is 200 Å². The maximum atomic E-state index is 13.3. The fourth-order valence-electron chi connectivity index (χ4n) is 4.12. The number of nitrogens with zero attached hydrogens (tertiary/aromatic N) is 3. The molecule has 2 aliphatic rings. The molecule has 1 atom stereocenters. The average molecular weight is 500 g/mol. The highest BCUT2D eigenvalue weighted by atomic mass is 32.2. The zero-order chi connectivity index (χ0) is 23.9. The minimum atomic E-state index is -3.87. The Morgan fingerprint density at radius 1 is 1.26 bits per heavy atom. The van der Waals surface area contributed by atoms with Gasteiger partial charge in [-0.1, -0.05) is 17.3 Å². The van der Waals surface area contributed by atoms with Crippen molar-refractivity contribution < 1.29 is 27.4 Å². The van der Waals surface area contributed by atoms with Crippen molar-refractivity contribution in [1.82, 2.24) is 8.87 Å². The second-order valence-corrected chi connectivity index (χ2v) is 10.6. The molecular formula is C23H21N3O6S2. The largest absolute Gasteiger partial charge is 0.497 e. The average Bonchev–Trinajstić information content (AvgIpc) is 3.57. The third kappa shape index (κ3) is 3.83. The molecule has 11 heteroatoms. The summed E-state index contributed by atoms with van der Waals surface area (Å²) in [6.07, 6.45) is 6.53. The SMILES string of the molecule is C#CCn1c(=NC(=O)C2CCCN2S(=O)(=O)c2ccc(OC)cc2)sc2cc3c(cc21)OCO3. The van der Waals surface area contributed by atoms with Crippen molar-refractivity contribution >= 4 is 37.5 Å². The zero-order valence-corrected chi connectivity index (χ0v) is 19.9. The van der Waals surface area contributed by atoms with Gasteiger partial charge in [0.15, 0.2) is 16.3 Å². The third-order valence-electron chi connectivity index (χ3n) is 5.79. The van der Waals surface area contributed by atoms with E-state index in [2.05, 4.69) is 10.9 Å². The van der Waals surface area contributed by atoms with Gasteiger partial charge in [-0.3, -0.25) is 4.79 Å². The van der Waals surface area contributed by atoms with Gasteiger partial charge >= 0.3 is 0 Å². The standard InChI is InChI=1S/C23H21N3O6S2/c1-3-10-25-18-12-19-20(32-14-31-19)13-21(18)33-23(25)24-22(27)17-5-4-11-26(17)34(28,29)16-8-6-15(30-2)7-9-16/h1,6-9,12-13,17H,4-5,10-11,14H2,2H3. The smallest absolute Gasteiger partial charge is 0.266 e. The predicted molar refractivity (Wildman–Crippen MR) is 125 cm³/mol. The number of thiazole rings is 1. The summed E-state index contributed by atoms with van der Waals surface area (Å²) in [6, 6.07) is 8.86. The molecule has 0 saturated carbocycles. The summed E-state index contributed by atoms with van der Waals surface area (Å²) < 4.78 is 46.3. The Kier molecular flexibility index (Phi) is 5.81. The first-order valence-electron chi connectivity index (χ1n) is 10.5. The second-order valence-electron chi connectivity index (χ2n) is 7.75. The van der Waals surface area contributed by atoms with E-state index in [1.54, 1.807) is 16.7 Å². The Bertz CT molecular complexity index is 1480. The highest BCUT2D eigenvalue weighted by Gasteiger charge is 2.39. The van der Waals surface area contributed by atoms with Crippen molar-refractivity contribution in [3.63, 3.8) is 0 Å². The molecule has 2 aromatic carbocycles. The number of hydrogen-bond acceptors (Lipinski definition) is 7. The quantitative estimate of drug-likeness (QED) is 0.500. The Hall–Kier alpha value is -3.33. The Morgan fingerprint density at radius 2 is 2.00 bits per heavy atom. The molecule has 0 aliphatic carbocycles. The van der Waals surface area contributed by atoms with Gasteiger partial charge in [-0.05, 0) is 37.1 Å². The monoisotopic (exact) mass is 499 g/mol. The third-order valence-corrected chi connectivity index (χ3v) is 8.75. The highest BCUT2D eigenvalue weighted by Crippen LogP contribution is 2.37. The van der Waals surface area contributed by atoms with Crippen LogP contribution in [0.25, 0.3) is 10.2 Å². The van der Waals surface area contributed by atoms with Crippen molar-refractivity contribution in [1.29, 1.82) is 0 Å². The van der Waals surface area contributed by atoms with E-state index in [9.17, 15) is 13.2 Å². The summed E-state index contributed by atoms with van der Waals surface area (Å²) in [5, 5.41) is 0. The van der Waals surface area contributed by atoms with Crippen LogP contribution in [0.1, 0.15) is 12.8 Å². The van der Waals surface area contributed by atoms with Gasteiger partial charge in [0.1, 0.15) is 11.8 Å². The lowest BCUT2D eigenvalue weighted by molar-refractivity contribution is -0.121. The maximum absolute atomic E-state index is 13.3. The minimum absolute atomic E-state index is 0.103. The normalized spacial score (nSPS) is 18.4. The van der Waals surface area contributed by atoms with E-state index >= 15 is 0 Å². The van der Waals surface area contributed by atoms with E-state index in [0.717, 1.165) is 10.2 Å². The molecule has 5 rings (SSSR count). The first-order valence-corrected chi connectivity index (χ1v) is 12.8. The fraction of sp³-hybridized carbons (Fsp3) is 0.304. The number of terminal acetylenes is 1. The molecule has 1 aromatic heterocycles. The van der Waals surface area contributed by atoms with Gasteiger partial charge in [0.25, 0.3) is 5.91 Å². The molecule has 34 heavy (non-hydrogen) atoms. The lowest BCUT2D eigenvalue weighted by Crippen LogP contribution is -2.40. The Balaban J connectivity index is 1.51. The molecule has 0 N–H and O–H groups in total. The number of carbonyl (C=O) groups is 1. The summed E-state index contributed by atoms with van der Waals surface area (Å²) >= 11 is 1.29. The second kappa shape index (κ2) is 8.79. The number of ether oxygens (including phenoxy) is 3. The summed E-state index contributed by atoms with van der Waals surface area (Å²) in [5.41, 5.74) is 0.771. The van der Waals surface area contributed by atoms with E-state index in [1.165, 1.54) is 34.9 Å². The van der Waals surface area contributed by atoms with Crippen LogP contribution in [0.3, 0.4) is 0 Å². The van der Waals surface area contributed by atoms with E-state index in [4.69, 9.17) is 20.6 Å². The number of rotatable bonds is 5. The molecule has 1 amide bonds. The summed E-state index contributed by atoms with van der Waals surface area (Å²) in [6.45, 7) is 0.598. The number of aromatic nitrogens is 1. The van der Waals surface area contributed by atoms with Gasteiger partial charge in [0.05, 0.1) is 28.8 Å². The molecule has 1 unspecified atom stereocenters. The summed E-state index contributed by atoms with van der Waals surface area (Å²) in [5.74, 6) is 3.83.